The standard InChI is InChI=1S/C13H19N3O2.2ClH/c1-10-8-15-6-7-16(10)13(17)11(2)18-12-4-3-5-14-9-12;;/h3-5,9-11,15H,6-8H2,1-2H3;2*1H/t10-,11?;;/m1../s1. The maximum absolute atomic E-state index is 12.3. The lowest BCUT2D eigenvalue weighted by Crippen LogP contribution is -2.55. The van der Waals surface area contributed by atoms with Gasteiger partial charge >= 0.3 is 0 Å². The maximum atomic E-state index is 12.3. The molecule has 0 aromatic carbocycles. The lowest BCUT2D eigenvalue weighted by molar-refractivity contribution is -0.140. The summed E-state index contributed by atoms with van der Waals surface area (Å²) in [5.74, 6) is 0.661. The number of nitrogens with one attached hydrogen (secondary N) is 1. The number of ether oxygens (including phenoxy) is 1. The molecule has 0 bridgehead atoms. The highest BCUT2D eigenvalue weighted by Gasteiger charge is 2.27. The highest BCUT2D eigenvalue weighted by atomic mass is 35.5. The van der Waals surface area contributed by atoms with Crippen molar-refractivity contribution in [1.29, 1.82) is 0 Å². The Hall–Kier alpha value is -1.04. The Labute approximate surface area is 131 Å². The summed E-state index contributed by atoms with van der Waals surface area (Å²) in [6.07, 6.45) is 2.82. The molecule has 1 aromatic heterocycles. The average Bonchev–Trinajstić information content (AvgIpc) is 2.39. The molecule has 1 aliphatic rings. The normalized spacial score (nSPS) is 19.3. The van der Waals surface area contributed by atoms with E-state index in [1.807, 2.05) is 11.8 Å². The van der Waals surface area contributed by atoms with Crippen LogP contribution in [-0.4, -0.2) is 47.6 Å². The van der Waals surface area contributed by atoms with E-state index in [2.05, 4.69) is 10.3 Å². The fourth-order valence-corrected chi connectivity index (χ4v) is 2.07. The molecule has 7 heteroatoms. The Morgan fingerprint density at radius 2 is 2.30 bits per heavy atom. The lowest BCUT2D eigenvalue weighted by Gasteiger charge is -2.35. The molecule has 2 rings (SSSR count). The number of halogens is 2. The first-order valence-electron chi connectivity index (χ1n) is 6.26. The van der Waals surface area contributed by atoms with Crippen LogP contribution in [0, 0.1) is 0 Å². The van der Waals surface area contributed by atoms with Crippen molar-refractivity contribution in [2.75, 3.05) is 19.6 Å². The van der Waals surface area contributed by atoms with Crippen molar-refractivity contribution >= 4 is 30.7 Å². The highest BCUT2D eigenvalue weighted by Crippen LogP contribution is 2.12. The first kappa shape index (κ1) is 19.0. The molecule has 20 heavy (non-hydrogen) atoms. The number of nitrogens with zero attached hydrogens (tertiary/aromatic N) is 2. The SMILES string of the molecule is CC(Oc1cccnc1)C(=O)N1CCNC[C@H]1C.Cl.Cl. The number of carbonyl (C=O) groups is 1. The lowest BCUT2D eigenvalue weighted by atomic mass is 10.2. The predicted octanol–water partition coefficient (Wildman–Crippen LogP) is 1.51. The van der Waals surface area contributed by atoms with Crippen LogP contribution in [0.15, 0.2) is 24.5 Å². The minimum absolute atomic E-state index is 0. The van der Waals surface area contributed by atoms with Gasteiger partial charge in [-0.1, -0.05) is 0 Å². The summed E-state index contributed by atoms with van der Waals surface area (Å²) < 4.78 is 5.60. The van der Waals surface area contributed by atoms with Crippen LogP contribution < -0.4 is 10.1 Å². The van der Waals surface area contributed by atoms with Crippen LogP contribution in [0.1, 0.15) is 13.8 Å². The van der Waals surface area contributed by atoms with E-state index >= 15 is 0 Å². The van der Waals surface area contributed by atoms with Crippen molar-refractivity contribution in [2.24, 2.45) is 0 Å². The number of pyridine rings is 1. The molecule has 1 aliphatic heterocycles. The van der Waals surface area contributed by atoms with E-state index in [4.69, 9.17) is 4.74 Å². The summed E-state index contributed by atoms with van der Waals surface area (Å²) in [7, 11) is 0. The van der Waals surface area contributed by atoms with Gasteiger partial charge < -0.3 is 15.0 Å². The van der Waals surface area contributed by atoms with Crippen molar-refractivity contribution in [1.82, 2.24) is 15.2 Å². The molecular formula is C13H21Cl2N3O2. The zero-order chi connectivity index (χ0) is 13.0. The number of amides is 1. The van der Waals surface area contributed by atoms with Gasteiger partial charge in [0.25, 0.3) is 5.91 Å². The average molecular weight is 322 g/mol. The van der Waals surface area contributed by atoms with Gasteiger partial charge in [-0.3, -0.25) is 9.78 Å². The molecule has 0 saturated carbocycles. The Morgan fingerprint density at radius 3 is 2.90 bits per heavy atom. The smallest absolute Gasteiger partial charge is 0.263 e. The molecule has 114 valence electrons. The summed E-state index contributed by atoms with van der Waals surface area (Å²) in [5, 5.41) is 3.26. The summed E-state index contributed by atoms with van der Waals surface area (Å²) in [6.45, 7) is 6.24. The first-order valence-corrected chi connectivity index (χ1v) is 6.26. The van der Waals surface area contributed by atoms with Gasteiger partial charge in [0.15, 0.2) is 6.10 Å². The van der Waals surface area contributed by atoms with Crippen molar-refractivity contribution in [3.63, 3.8) is 0 Å². The molecule has 2 heterocycles. The molecule has 1 N–H and O–H groups in total. The Bertz CT molecular complexity index is 406. The minimum Gasteiger partial charge on any atom is -0.479 e. The number of hydrogen-bond acceptors (Lipinski definition) is 4. The van der Waals surface area contributed by atoms with Gasteiger partial charge in [-0.2, -0.15) is 0 Å². The third-order valence-corrected chi connectivity index (χ3v) is 3.08. The number of aromatic nitrogens is 1. The zero-order valence-corrected chi connectivity index (χ0v) is 13.2. The van der Waals surface area contributed by atoms with Crippen LogP contribution in [0.2, 0.25) is 0 Å². The van der Waals surface area contributed by atoms with Crippen LogP contribution in [-0.2, 0) is 4.79 Å². The molecule has 1 amide bonds. The van der Waals surface area contributed by atoms with Gasteiger partial charge in [0, 0.05) is 31.9 Å². The third-order valence-electron chi connectivity index (χ3n) is 3.08. The number of hydrogen-bond donors (Lipinski definition) is 1. The van der Waals surface area contributed by atoms with E-state index in [-0.39, 0.29) is 36.8 Å². The van der Waals surface area contributed by atoms with E-state index in [1.165, 1.54) is 0 Å². The minimum atomic E-state index is -0.477. The fraction of sp³-hybridized carbons (Fsp3) is 0.538. The van der Waals surface area contributed by atoms with Crippen molar-refractivity contribution in [2.45, 2.75) is 26.0 Å². The maximum Gasteiger partial charge on any atom is 0.263 e. The van der Waals surface area contributed by atoms with Crippen LogP contribution in [0.5, 0.6) is 5.75 Å². The van der Waals surface area contributed by atoms with Crippen molar-refractivity contribution in [3.8, 4) is 5.75 Å². The zero-order valence-electron chi connectivity index (χ0n) is 11.6. The molecule has 1 fully saturated rings. The molecule has 0 aliphatic carbocycles. The summed E-state index contributed by atoms with van der Waals surface area (Å²) in [4.78, 5) is 18.1. The van der Waals surface area contributed by atoms with Gasteiger partial charge in [0.05, 0.1) is 6.20 Å². The predicted molar refractivity (Wildman–Crippen MR) is 82.9 cm³/mol. The monoisotopic (exact) mass is 321 g/mol. The van der Waals surface area contributed by atoms with Crippen molar-refractivity contribution < 1.29 is 9.53 Å². The molecule has 0 radical (unpaired) electrons. The Kier molecular flexibility index (Phi) is 8.53. The molecule has 1 aromatic rings. The number of rotatable bonds is 3. The van der Waals surface area contributed by atoms with Crippen LogP contribution in [0.3, 0.4) is 0 Å². The van der Waals surface area contributed by atoms with Gasteiger partial charge in [0.1, 0.15) is 5.75 Å². The molecule has 1 unspecified atom stereocenters. The fourth-order valence-electron chi connectivity index (χ4n) is 2.07. The summed E-state index contributed by atoms with van der Waals surface area (Å²) >= 11 is 0. The largest absolute Gasteiger partial charge is 0.479 e. The van der Waals surface area contributed by atoms with Gasteiger partial charge in [0.2, 0.25) is 0 Å². The van der Waals surface area contributed by atoms with Gasteiger partial charge in [-0.15, -0.1) is 24.8 Å². The van der Waals surface area contributed by atoms with Gasteiger partial charge in [-0.25, -0.2) is 0 Å². The molecule has 1 saturated heterocycles. The topological polar surface area (TPSA) is 54.5 Å². The van der Waals surface area contributed by atoms with E-state index in [1.54, 1.807) is 31.5 Å². The second kappa shape index (κ2) is 9.00. The quantitative estimate of drug-likeness (QED) is 0.917. The van der Waals surface area contributed by atoms with Gasteiger partial charge in [-0.05, 0) is 26.0 Å². The number of piperazine rings is 1. The van der Waals surface area contributed by atoms with Crippen LogP contribution in [0.4, 0.5) is 0 Å². The Morgan fingerprint density at radius 1 is 1.55 bits per heavy atom. The third kappa shape index (κ3) is 4.81. The van der Waals surface area contributed by atoms with E-state index in [0.29, 0.717) is 5.75 Å². The summed E-state index contributed by atoms with van der Waals surface area (Å²) in [6, 6.07) is 3.81. The van der Waals surface area contributed by atoms with Crippen LogP contribution >= 0.6 is 24.8 Å². The summed E-state index contributed by atoms with van der Waals surface area (Å²) in [5.41, 5.74) is 0. The van der Waals surface area contributed by atoms with Crippen LogP contribution in [0.25, 0.3) is 0 Å². The first-order chi connectivity index (χ1) is 8.68. The second-order valence-electron chi connectivity index (χ2n) is 4.53. The molecule has 0 spiro atoms. The molecule has 5 nitrogen and oxygen atoms in total. The Balaban J connectivity index is 0.00000180. The van der Waals surface area contributed by atoms with E-state index in [0.717, 1.165) is 19.6 Å². The van der Waals surface area contributed by atoms with E-state index < -0.39 is 6.10 Å². The highest BCUT2D eigenvalue weighted by molar-refractivity contribution is 5.85. The van der Waals surface area contributed by atoms with E-state index in [9.17, 15) is 4.79 Å². The second-order valence-corrected chi connectivity index (χ2v) is 4.53. The molecule has 2 atom stereocenters. The molecular weight excluding hydrogens is 301 g/mol. The number of carbonyl (C=O) groups excluding carboxylic acids is 1. The van der Waals surface area contributed by atoms with Crippen molar-refractivity contribution in [3.05, 3.63) is 24.5 Å².